The normalized spacial score (nSPS) is 18.6. The van der Waals surface area contributed by atoms with Gasteiger partial charge in [-0.2, -0.15) is 5.26 Å². The Bertz CT molecular complexity index is 1040. The minimum Gasteiger partial charge on any atom is -0.414 e. The topological polar surface area (TPSA) is 138 Å². The second-order valence-corrected chi connectivity index (χ2v) is 14.8. The molecule has 0 aliphatic heterocycles. The lowest BCUT2D eigenvalue weighted by atomic mass is 9.93. The molecule has 1 fully saturated rings. The van der Waals surface area contributed by atoms with Gasteiger partial charge in [-0.25, -0.2) is 9.97 Å². The van der Waals surface area contributed by atoms with Crippen molar-refractivity contribution in [1.82, 2.24) is 25.5 Å². The molecule has 10 nitrogen and oxygen atoms in total. The molecule has 1 saturated carbocycles. The van der Waals surface area contributed by atoms with E-state index in [1.807, 2.05) is 6.07 Å². The third kappa shape index (κ3) is 6.27. The number of hydrogen-bond donors (Lipinski definition) is 3. The van der Waals surface area contributed by atoms with Gasteiger partial charge in [-0.1, -0.05) is 20.8 Å². The summed E-state index contributed by atoms with van der Waals surface area (Å²) in [6, 6.07) is 3.88. The Morgan fingerprint density at radius 3 is 2.38 bits per heavy atom. The lowest BCUT2D eigenvalue weighted by molar-refractivity contribution is 0.0957. The van der Waals surface area contributed by atoms with Gasteiger partial charge in [0.25, 0.3) is 5.91 Å². The molecule has 1 aliphatic rings. The molecule has 0 atom stereocenters. The maximum atomic E-state index is 12.4. The third-order valence-corrected chi connectivity index (χ3v) is 11.1. The largest absolute Gasteiger partial charge is 0.414 e. The van der Waals surface area contributed by atoms with Crippen LogP contribution in [0.2, 0.25) is 18.1 Å². The number of rotatable bonds is 7. The highest BCUT2D eigenvalue weighted by atomic mass is 28.4. The number of nitrogens with zero attached hydrogens (tertiary/aromatic N) is 5. The van der Waals surface area contributed by atoms with E-state index in [-0.39, 0.29) is 34.5 Å². The van der Waals surface area contributed by atoms with Crippen molar-refractivity contribution < 1.29 is 9.22 Å². The van der Waals surface area contributed by atoms with Crippen LogP contribution in [-0.2, 0) is 4.43 Å². The molecule has 34 heavy (non-hydrogen) atoms. The predicted molar refractivity (Wildman–Crippen MR) is 133 cm³/mol. The van der Waals surface area contributed by atoms with E-state index in [2.05, 4.69) is 70.0 Å². The molecule has 2 aromatic heterocycles. The first-order chi connectivity index (χ1) is 16.0. The minimum atomic E-state index is -1.80. The average Bonchev–Trinajstić information content (AvgIpc) is 2.79. The second kappa shape index (κ2) is 10.4. The second-order valence-electron chi connectivity index (χ2n) is 10.1. The quantitative estimate of drug-likeness (QED) is 0.500. The Balaban J connectivity index is 1.69. The van der Waals surface area contributed by atoms with E-state index in [4.69, 9.17) is 9.69 Å². The van der Waals surface area contributed by atoms with Gasteiger partial charge < -0.3 is 20.4 Å². The Labute approximate surface area is 202 Å². The average molecular weight is 483 g/mol. The van der Waals surface area contributed by atoms with Crippen molar-refractivity contribution in [2.75, 3.05) is 17.7 Å². The number of nitrogens with one attached hydrogen (secondary N) is 3. The molecule has 0 spiro atoms. The molecule has 3 rings (SSSR count). The van der Waals surface area contributed by atoms with Crippen molar-refractivity contribution in [1.29, 1.82) is 5.26 Å². The summed E-state index contributed by atoms with van der Waals surface area (Å²) in [6.45, 7) is 11.4. The van der Waals surface area contributed by atoms with E-state index in [0.717, 1.165) is 25.7 Å². The zero-order valence-electron chi connectivity index (χ0n) is 20.8. The molecule has 0 aromatic carbocycles. The van der Waals surface area contributed by atoms with Crippen LogP contribution in [0.25, 0.3) is 0 Å². The van der Waals surface area contributed by atoms with E-state index in [9.17, 15) is 4.79 Å². The van der Waals surface area contributed by atoms with Crippen LogP contribution < -0.4 is 16.0 Å². The first-order valence-electron chi connectivity index (χ1n) is 11.6. The number of hydrogen-bond acceptors (Lipinski definition) is 9. The van der Waals surface area contributed by atoms with Crippen LogP contribution in [0, 0.1) is 11.3 Å². The van der Waals surface area contributed by atoms with E-state index < -0.39 is 8.32 Å². The summed E-state index contributed by atoms with van der Waals surface area (Å²) in [6.07, 6.45) is 6.94. The smallest absolute Gasteiger partial charge is 0.273 e. The fourth-order valence-electron chi connectivity index (χ4n) is 3.57. The summed E-state index contributed by atoms with van der Waals surface area (Å²) in [5.41, 5.74) is 1.06. The molecule has 1 aliphatic carbocycles. The third-order valence-electron chi connectivity index (χ3n) is 6.56. The molecular formula is C23H34N8O2Si. The van der Waals surface area contributed by atoms with Crippen LogP contribution in [0.1, 0.15) is 62.6 Å². The number of carbonyl (C=O) groups is 1. The van der Waals surface area contributed by atoms with Crippen LogP contribution >= 0.6 is 0 Å². The van der Waals surface area contributed by atoms with Gasteiger partial charge in [-0.15, -0.1) is 10.2 Å². The SMILES string of the molecule is CNC(=O)c1nnc(Nc2cnc(C#N)cn2)cc1NC1CCC(O[Si](C)(C)C(C)(C)C)CC1. The van der Waals surface area contributed by atoms with Gasteiger partial charge in [0, 0.05) is 25.3 Å². The van der Waals surface area contributed by atoms with E-state index >= 15 is 0 Å². The van der Waals surface area contributed by atoms with Gasteiger partial charge >= 0.3 is 0 Å². The summed E-state index contributed by atoms with van der Waals surface area (Å²) < 4.78 is 6.60. The van der Waals surface area contributed by atoms with Crippen molar-refractivity contribution in [3.8, 4) is 6.07 Å². The van der Waals surface area contributed by atoms with E-state index in [1.54, 1.807) is 13.1 Å². The Kier molecular flexibility index (Phi) is 7.84. The summed E-state index contributed by atoms with van der Waals surface area (Å²) in [5.74, 6) is 0.536. The fourth-order valence-corrected chi connectivity index (χ4v) is 4.99. The summed E-state index contributed by atoms with van der Waals surface area (Å²) >= 11 is 0. The standard InChI is InChI=1S/C23H34N8O2Si/c1-23(2,3)34(5,6)33-17-9-7-15(8-10-17)28-18-11-19(30-31-21(18)22(32)25-4)29-20-14-26-16(12-24)13-27-20/h11,13-15,17H,7-10H2,1-6H3,(H,25,32)(H2,27,28,29,30). The van der Waals surface area contributed by atoms with Crippen molar-refractivity contribution >= 4 is 31.5 Å². The minimum absolute atomic E-state index is 0.190. The number of carbonyl (C=O) groups excluding carboxylic acids is 1. The summed E-state index contributed by atoms with van der Waals surface area (Å²) in [5, 5.41) is 26.4. The van der Waals surface area contributed by atoms with Crippen molar-refractivity contribution in [3.63, 3.8) is 0 Å². The maximum Gasteiger partial charge on any atom is 0.273 e. The highest BCUT2D eigenvalue weighted by molar-refractivity contribution is 6.74. The highest BCUT2D eigenvalue weighted by Gasteiger charge is 2.39. The fraction of sp³-hybridized carbons (Fsp3) is 0.565. The molecule has 2 aromatic rings. The molecule has 0 unspecified atom stereocenters. The van der Waals surface area contributed by atoms with E-state index in [1.165, 1.54) is 12.4 Å². The van der Waals surface area contributed by atoms with Gasteiger partial charge in [0.05, 0.1) is 18.1 Å². The predicted octanol–water partition coefficient (Wildman–Crippen LogP) is 3.99. The lowest BCUT2D eigenvalue weighted by Gasteiger charge is -2.41. The van der Waals surface area contributed by atoms with Gasteiger partial charge in [0.1, 0.15) is 11.9 Å². The number of anilines is 3. The van der Waals surface area contributed by atoms with Crippen LogP contribution in [0.4, 0.5) is 17.3 Å². The Morgan fingerprint density at radius 2 is 1.82 bits per heavy atom. The van der Waals surface area contributed by atoms with Crippen LogP contribution in [0.15, 0.2) is 18.5 Å². The molecule has 0 bridgehead atoms. The highest BCUT2D eigenvalue weighted by Crippen LogP contribution is 2.39. The van der Waals surface area contributed by atoms with Crippen LogP contribution in [0.5, 0.6) is 0 Å². The Morgan fingerprint density at radius 1 is 1.12 bits per heavy atom. The van der Waals surface area contributed by atoms with Crippen molar-refractivity contribution in [2.45, 2.75) is 76.7 Å². The molecule has 11 heteroatoms. The molecular weight excluding hydrogens is 448 g/mol. The molecule has 3 N–H and O–H groups in total. The maximum absolute atomic E-state index is 12.4. The monoisotopic (exact) mass is 482 g/mol. The summed E-state index contributed by atoms with van der Waals surface area (Å²) in [4.78, 5) is 20.5. The molecule has 0 radical (unpaired) electrons. The van der Waals surface area contributed by atoms with Crippen molar-refractivity contribution in [3.05, 3.63) is 29.8 Å². The van der Waals surface area contributed by atoms with Gasteiger partial charge in [-0.05, 0) is 43.8 Å². The number of amides is 1. The van der Waals surface area contributed by atoms with Crippen LogP contribution in [0.3, 0.4) is 0 Å². The zero-order valence-corrected chi connectivity index (χ0v) is 21.8. The molecule has 0 saturated heterocycles. The number of nitriles is 1. The molecule has 2 heterocycles. The van der Waals surface area contributed by atoms with Crippen LogP contribution in [-0.4, -0.2) is 53.6 Å². The lowest BCUT2D eigenvalue weighted by Crippen LogP contribution is -2.45. The number of aromatic nitrogens is 4. The van der Waals surface area contributed by atoms with E-state index in [0.29, 0.717) is 17.3 Å². The summed E-state index contributed by atoms with van der Waals surface area (Å²) in [7, 11) is -0.232. The van der Waals surface area contributed by atoms with Crippen molar-refractivity contribution in [2.24, 2.45) is 0 Å². The van der Waals surface area contributed by atoms with Gasteiger partial charge in [0.15, 0.2) is 25.5 Å². The van der Waals surface area contributed by atoms with Gasteiger partial charge in [0.2, 0.25) is 0 Å². The Hall–Kier alpha value is -3.10. The first kappa shape index (κ1) is 25.5. The molecule has 1 amide bonds. The zero-order chi connectivity index (χ0) is 24.9. The molecule has 182 valence electrons. The first-order valence-corrected chi connectivity index (χ1v) is 14.5. The van der Waals surface area contributed by atoms with Gasteiger partial charge in [-0.3, -0.25) is 4.79 Å².